The number of rotatable bonds is 6. The highest BCUT2D eigenvalue weighted by molar-refractivity contribution is 5.69. The number of ether oxygens (including phenoxy) is 1. The van der Waals surface area contributed by atoms with Crippen molar-refractivity contribution in [3.63, 3.8) is 0 Å². The van der Waals surface area contributed by atoms with E-state index < -0.39 is 0 Å². The number of esters is 1. The second-order valence-corrected chi connectivity index (χ2v) is 4.95. The summed E-state index contributed by atoms with van der Waals surface area (Å²) in [5.74, 6) is -0.177. The van der Waals surface area contributed by atoms with E-state index in [0.717, 1.165) is 16.7 Å². The van der Waals surface area contributed by atoms with Crippen molar-refractivity contribution >= 4 is 5.97 Å². The van der Waals surface area contributed by atoms with Gasteiger partial charge in [0.05, 0.1) is 33.3 Å². The quantitative estimate of drug-likeness (QED) is 0.539. The van der Waals surface area contributed by atoms with Gasteiger partial charge >= 0.3 is 5.97 Å². The van der Waals surface area contributed by atoms with Crippen LogP contribution in [0.25, 0.3) is 0 Å². The zero-order valence-electron chi connectivity index (χ0n) is 10.7. The van der Waals surface area contributed by atoms with Crippen LogP contribution in [0.2, 0.25) is 0 Å². The lowest BCUT2D eigenvalue weighted by atomic mass is 10.2. The van der Waals surface area contributed by atoms with Gasteiger partial charge in [-0.05, 0) is 12.1 Å². The minimum absolute atomic E-state index is 0.177. The summed E-state index contributed by atoms with van der Waals surface area (Å²) in [7, 11) is 6.19. The molecule has 1 aromatic rings. The summed E-state index contributed by atoms with van der Waals surface area (Å²) in [5, 5.41) is 7.66. The second-order valence-electron chi connectivity index (χ2n) is 4.95. The minimum Gasteiger partial charge on any atom is -0.460 e. The van der Waals surface area contributed by atoms with Crippen LogP contribution < -0.4 is 0 Å². The van der Waals surface area contributed by atoms with Crippen LogP contribution in [-0.2, 0) is 16.0 Å². The Morgan fingerprint density at radius 2 is 2.18 bits per heavy atom. The van der Waals surface area contributed by atoms with Gasteiger partial charge in [0.1, 0.15) is 13.2 Å². The smallest absolute Gasteiger partial charge is 0.306 e. The number of nitrogens with zero attached hydrogens (tertiary/aromatic N) is 3. The van der Waals surface area contributed by atoms with Gasteiger partial charge in [-0.3, -0.25) is 4.79 Å². The van der Waals surface area contributed by atoms with E-state index in [0.29, 0.717) is 19.4 Å². The molecule has 0 fully saturated rings. The van der Waals surface area contributed by atoms with Crippen LogP contribution in [0, 0.1) is 0 Å². The van der Waals surface area contributed by atoms with Crippen molar-refractivity contribution in [3.05, 3.63) is 24.0 Å². The third kappa shape index (κ3) is 6.63. The number of quaternary nitrogens is 1. The van der Waals surface area contributed by atoms with Crippen LogP contribution >= 0.6 is 0 Å². The van der Waals surface area contributed by atoms with Gasteiger partial charge in [-0.25, -0.2) is 0 Å². The van der Waals surface area contributed by atoms with Crippen molar-refractivity contribution in [3.8, 4) is 0 Å². The number of aryl methyl sites for hydroxylation is 1. The molecule has 0 saturated carbocycles. The summed E-state index contributed by atoms with van der Waals surface area (Å²) in [6.07, 6.45) is 2.55. The molecule has 1 rings (SSSR count). The Kier molecular flexibility index (Phi) is 5.03. The fourth-order valence-corrected chi connectivity index (χ4v) is 1.20. The van der Waals surface area contributed by atoms with E-state index in [1.807, 2.05) is 12.1 Å². The Morgan fingerprint density at radius 3 is 2.76 bits per heavy atom. The first-order valence-electron chi connectivity index (χ1n) is 5.70. The van der Waals surface area contributed by atoms with Crippen LogP contribution in [0.4, 0.5) is 0 Å². The lowest BCUT2D eigenvalue weighted by Crippen LogP contribution is -2.38. The lowest BCUT2D eigenvalue weighted by Gasteiger charge is -2.23. The van der Waals surface area contributed by atoms with Crippen molar-refractivity contribution < 1.29 is 14.0 Å². The van der Waals surface area contributed by atoms with Crippen molar-refractivity contribution in [2.45, 2.75) is 12.8 Å². The summed E-state index contributed by atoms with van der Waals surface area (Å²) in [5.41, 5.74) is 0.816. The molecule has 1 heterocycles. The molecule has 0 saturated heterocycles. The first kappa shape index (κ1) is 13.6. The van der Waals surface area contributed by atoms with E-state index in [4.69, 9.17) is 4.74 Å². The maximum absolute atomic E-state index is 11.4. The molecule has 0 aliphatic carbocycles. The molecule has 1 aromatic heterocycles. The number of aromatic nitrogens is 2. The van der Waals surface area contributed by atoms with E-state index in [1.54, 1.807) is 6.20 Å². The highest BCUT2D eigenvalue weighted by Gasteiger charge is 2.09. The molecular weight excluding hydrogens is 218 g/mol. The molecule has 0 bridgehead atoms. The molecule has 17 heavy (non-hydrogen) atoms. The minimum atomic E-state index is -0.177. The van der Waals surface area contributed by atoms with Gasteiger partial charge in [-0.15, -0.1) is 0 Å². The lowest BCUT2D eigenvalue weighted by molar-refractivity contribution is -0.870. The largest absolute Gasteiger partial charge is 0.460 e. The monoisotopic (exact) mass is 238 g/mol. The normalized spacial score (nSPS) is 11.2. The van der Waals surface area contributed by atoms with Gasteiger partial charge in [0.15, 0.2) is 0 Å². The molecule has 0 unspecified atom stereocenters. The SMILES string of the molecule is C[N+](C)(C)CCOC(=O)CCc1cccnn1. The first-order chi connectivity index (χ1) is 7.97. The Hall–Kier alpha value is -1.49. The summed E-state index contributed by atoms with van der Waals surface area (Å²) < 4.78 is 5.93. The topological polar surface area (TPSA) is 52.1 Å². The van der Waals surface area contributed by atoms with Gasteiger partial charge in [0.2, 0.25) is 0 Å². The molecule has 0 spiro atoms. The Labute approximate surface area is 102 Å². The summed E-state index contributed by atoms with van der Waals surface area (Å²) in [6.45, 7) is 1.28. The van der Waals surface area contributed by atoms with E-state index in [2.05, 4.69) is 31.3 Å². The van der Waals surface area contributed by atoms with Gasteiger partial charge < -0.3 is 9.22 Å². The molecule has 94 valence electrons. The predicted octanol–water partition coefficient (Wildman–Crippen LogP) is 0.659. The Morgan fingerprint density at radius 1 is 1.41 bits per heavy atom. The van der Waals surface area contributed by atoms with Gasteiger partial charge in [0.25, 0.3) is 0 Å². The maximum Gasteiger partial charge on any atom is 0.306 e. The van der Waals surface area contributed by atoms with Crippen molar-refractivity contribution in [1.29, 1.82) is 0 Å². The number of hydrogen-bond donors (Lipinski definition) is 0. The third-order valence-electron chi connectivity index (χ3n) is 2.24. The van der Waals surface area contributed by atoms with Crippen LogP contribution in [0.5, 0.6) is 0 Å². The summed E-state index contributed by atoms with van der Waals surface area (Å²) >= 11 is 0. The van der Waals surface area contributed by atoms with E-state index in [9.17, 15) is 4.79 Å². The molecule has 0 atom stereocenters. The van der Waals surface area contributed by atoms with Crippen molar-refractivity contribution in [2.75, 3.05) is 34.3 Å². The zero-order valence-corrected chi connectivity index (χ0v) is 10.7. The zero-order chi connectivity index (χ0) is 12.7. The van der Waals surface area contributed by atoms with Crippen LogP contribution in [-0.4, -0.2) is 54.9 Å². The molecule has 0 N–H and O–H groups in total. The predicted molar refractivity (Wildman–Crippen MR) is 64.2 cm³/mol. The third-order valence-corrected chi connectivity index (χ3v) is 2.24. The summed E-state index contributed by atoms with van der Waals surface area (Å²) in [4.78, 5) is 11.4. The molecule has 0 aromatic carbocycles. The van der Waals surface area contributed by atoms with Crippen LogP contribution in [0.1, 0.15) is 12.1 Å². The fraction of sp³-hybridized carbons (Fsp3) is 0.583. The molecule has 0 radical (unpaired) electrons. The molecule has 5 nitrogen and oxygen atoms in total. The van der Waals surface area contributed by atoms with Crippen molar-refractivity contribution in [2.24, 2.45) is 0 Å². The number of hydrogen-bond acceptors (Lipinski definition) is 4. The molecule has 0 aliphatic rings. The Balaban J connectivity index is 2.18. The van der Waals surface area contributed by atoms with E-state index in [-0.39, 0.29) is 5.97 Å². The van der Waals surface area contributed by atoms with Gasteiger partial charge in [-0.2, -0.15) is 10.2 Å². The number of carbonyl (C=O) groups is 1. The number of carbonyl (C=O) groups excluding carboxylic acids is 1. The fourth-order valence-electron chi connectivity index (χ4n) is 1.20. The van der Waals surface area contributed by atoms with Gasteiger partial charge in [0, 0.05) is 12.6 Å². The average molecular weight is 238 g/mol. The van der Waals surface area contributed by atoms with Crippen molar-refractivity contribution in [1.82, 2.24) is 10.2 Å². The summed E-state index contributed by atoms with van der Waals surface area (Å²) in [6, 6.07) is 3.66. The first-order valence-corrected chi connectivity index (χ1v) is 5.70. The second kappa shape index (κ2) is 6.30. The Bertz CT molecular complexity index is 347. The standard InChI is InChI=1S/C12H20N3O2/c1-15(2,3)9-10-17-12(16)7-6-11-5-4-8-13-14-11/h4-5,8H,6-7,9-10H2,1-3H3/q+1. The maximum atomic E-state index is 11.4. The number of likely N-dealkylation sites (N-methyl/N-ethyl adjacent to an activating group) is 1. The molecule has 0 amide bonds. The molecule has 5 heteroatoms. The highest BCUT2D eigenvalue weighted by Crippen LogP contribution is 1.99. The van der Waals surface area contributed by atoms with Crippen LogP contribution in [0.3, 0.4) is 0 Å². The molecule has 0 aliphatic heterocycles. The van der Waals surface area contributed by atoms with E-state index in [1.165, 1.54) is 0 Å². The van der Waals surface area contributed by atoms with Crippen LogP contribution in [0.15, 0.2) is 18.3 Å². The molecular formula is C12H20N3O2+. The van der Waals surface area contributed by atoms with E-state index >= 15 is 0 Å². The van der Waals surface area contributed by atoms with Gasteiger partial charge in [-0.1, -0.05) is 0 Å². The average Bonchev–Trinajstić information content (AvgIpc) is 2.26. The highest BCUT2D eigenvalue weighted by atomic mass is 16.5.